The first kappa shape index (κ1) is 17.7. The second kappa shape index (κ2) is 8.24. The van der Waals surface area contributed by atoms with Gasteiger partial charge in [0.1, 0.15) is 5.75 Å². The van der Waals surface area contributed by atoms with Crippen LogP contribution in [0.2, 0.25) is 0 Å². The van der Waals surface area contributed by atoms with Crippen molar-refractivity contribution in [2.45, 2.75) is 26.2 Å². The van der Waals surface area contributed by atoms with Crippen molar-refractivity contribution in [1.29, 1.82) is 0 Å². The van der Waals surface area contributed by atoms with E-state index in [4.69, 9.17) is 14.2 Å². The van der Waals surface area contributed by atoms with Gasteiger partial charge < -0.3 is 19.3 Å². The topological polar surface area (TPSA) is 65.0 Å². The molecule has 2 rings (SSSR count). The van der Waals surface area contributed by atoms with Gasteiger partial charge in [0, 0.05) is 0 Å². The highest BCUT2D eigenvalue weighted by Crippen LogP contribution is 2.40. The zero-order valence-electron chi connectivity index (χ0n) is 14.2. The van der Waals surface area contributed by atoms with Gasteiger partial charge in [0.05, 0.1) is 19.8 Å². The molecule has 1 N–H and O–H groups in total. The maximum absolute atomic E-state index is 11.3. The fraction of sp³-hybridized carbons (Fsp3) is 0.316. The molecule has 0 aliphatic rings. The molecule has 5 nitrogen and oxygen atoms in total. The van der Waals surface area contributed by atoms with Gasteiger partial charge in [-0.25, -0.2) is 4.79 Å². The van der Waals surface area contributed by atoms with E-state index in [1.807, 2.05) is 24.3 Å². The predicted octanol–water partition coefficient (Wildman–Crippen LogP) is 4.54. The maximum Gasteiger partial charge on any atom is 0.335 e. The van der Waals surface area contributed by atoms with Crippen LogP contribution in [0.25, 0.3) is 0 Å². The lowest BCUT2D eigenvalue weighted by Gasteiger charge is -2.15. The number of carbonyl (C=O) groups is 1. The summed E-state index contributed by atoms with van der Waals surface area (Å²) in [6.45, 7) is 2.16. The van der Waals surface area contributed by atoms with Crippen molar-refractivity contribution in [3.63, 3.8) is 0 Å². The average molecular weight is 330 g/mol. The van der Waals surface area contributed by atoms with Crippen molar-refractivity contribution in [3.05, 3.63) is 47.5 Å². The Bertz CT molecular complexity index is 692. The molecule has 0 saturated carbocycles. The summed E-state index contributed by atoms with van der Waals surface area (Å²) in [7, 11) is 2.94. The molecule has 0 amide bonds. The lowest BCUT2D eigenvalue weighted by atomic mass is 10.1. The molecule has 5 heteroatoms. The first-order valence-electron chi connectivity index (χ1n) is 7.85. The molecule has 0 saturated heterocycles. The summed E-state index contributed by atoms with van der Waals surface area (Å²) < 4.78 is 16.3. The number of carboxylic acid groups (broad SMARTS) is 1. The van der Waals surface area contributed by atoms with Gasteiger partial charge in [-0.2, -0.15) is 0 Å². The van der Waals surface area contributed by atoms with Crippen LogP contribution in [0.1, 0.15) is 35.7 Å². The van der Waals surface area contributed by atoms with E-state index in [9.17, 15) is 9.90 Å². The lowest BCUT2D eigenvalue weighted by Crippen LogP contribution is -2.01. The van der Waals surface area contributed by atoms with Crippen molar-refractivity contribution < 1.29 is 24.1 Å². The summed E-state index contributed by atoms with van der Waals surface area (Å²) in [5, 5.41) is 9.23. The van der Waals surface area contributed by atoms with Crippen LogP contribution in [0.3, 0.4) is 0 Å². The SMILES string of the molecule is CCCCc1ccc(Oc2cc(C(=O)O)cc(OC)c2OC)cc1. The van der Waals surface area contributed by atoms with Crippen molar-refractivity contribution in [3.8, 4) is 23.0 Å². The van der Waals surface area contributed by atoms with Crippen LogP contribution in [0, 0.1) is 0 Å². The van der Waals surface area contributed by atoms with E-state index in [2.05, 4.69) is 6.92 Å². The minimum Gasteiger partial charge on any atom is -0.493 e. The van der Waals surface area contributed by atoms with Gasteiger partial charge in [0.25, 0.3) is 0 Å². The van der Waals surface area contributed by atoms with E-state index >= 15 is 0 Å². The van der Waals surface area contributed by atoms with Crippen LogP contribution in [0.4, 0.5) is 0 Å². The van der Waals surface area contributed by atoms with E-state index in [1.165, 1.54) is 31.9 Å². The molecule has 0 atom stereocenters. The number of hydrogen-bond acceptors (Lipinski definition) is 4. The van der Waals surface area contributed by atoms with E-state index in [-0.39, 0.29) is 5.56 Å². The fourth-order valence-electron chi connectivity index (χ4n) is 2.36. The van der Waals surface area contributed by atoms with Gasteiger partial charge in [-0.05, 0) is 42.7 Å². The number of carboxylic acids is 1. The van der Waals surface area contributed by atoms with Gasteiger partial charge in [0.15, 0.2) is 11.5 Å². The highest BCUT2D eigenvalue weighted by Gasteiger charge is 2.17. The molecule has 0 aliphatic carbocycles. The van der Waals surface area contributed by atoms with E-state index in [0.29, 0.717) is 23.0 Å². The van der Waals surface area contributed by atoms with Gasteiger partial charge in [-0.15, -0.1) is 0 Å². The molecule has 0 heterocycles. The van der Waals surface area contributed by atoms with Gasteiger partial charge >= 0.3 is 5.97 Å². The monoisotopic (exact) mass is 330 g/mol. The third kappa shape index (κ3) is 4.19. The standard InChI is InChI=1S/C19H22O5/c1-4-5-6-13-7-9-15(10-8-13)24-17-12-14(19(20)21)11-16(22-2)18(17)23-3/h7-12H,4-6H2,1-3H3,(H,20,21). The molecule has 0 radical (unpaired) electrons. The van der Waals surface area contributed by atoms with Crippen molar-refractivity contribution in [2.24, 2.45) is 0 Å². The number of methoxy groups -OCH3 is 2. The summed E-state index contributed by atoms with van der Waals surface area (Å²) in [5.41, 5.74) is 1.32. The minimum atomic E-state index is -1.06. The number of rotatable bonds is 8. The Morgan fingerprint density at radius 3 is 2.25 bits per heavy atom. The Labute approximate surface area is 141 Å². The van der Waals surface area contributed by atoms with Crippen LogP contribution in [0.15, 0.2) is 36.4 Å². The highest BCUT2D eigenvalue weighted by atomic mass is 16.5. The third-order valence-electron chi connectivity index (χ3n) is 3.66. The summed E-state index contributed by atoms with van der Waals surface area (Å²) in [4.78, 5) is 11.3. The number of benzene rings is 2. The minimum absolute atomic E-state index is 0.0715. The summed E-state index contributed by atoms with van der Waals surface area (Å²) in [5.74, 6) is 0.522. The van der Waals surface area contributed by atoms with Crippen molar-refractivity contribution in [1.82, 2.24) is 0 Å². The number of unbranched alkanes of at least 4 members (excludes halogenated alkanes) is 1. The van der Waals surface area contributed by atoms with Gasteiger partial charge in [0.2, 0.25) is 5.75 Å². The van der Waals surface area contributed by atoms with Crippen LogP contribution in [-0.4, -0.2) is 25.3 Å². The van der Waals surface area contributed by atoms with Crippen molar-refractivity contribution in [2.75, 3.05) is 14.2 Å². The van der Waals surface area contributed by atoms with Crippen LogP contribution >= 0.6 is 0 Å². The number of aromatic carboxylic acids is 1. The summed E-state index contributed by atoms with van der Waals surface area (Å²) in [6.07, 6.45) is 3.32. The average Bonchev–Trinajstić information content (AvgIpc) is 2.60. The molecule has 0 aromatic heterocycles. The van der Waals surface area contributed by atoms with Crippen LogP contribution in [-0.2, 0) is 6.42 Å². The zero-order chi connectivity index (χ0) is 17.5. The van der Waals surface area contributed by atoms with E-state index in [0.717, 1.165) is 19.3 Å². The Hall–Kier alpha value is -2.69. The molecule has 0 spiro atoms. The fourth-order valence-corrected chi connectivity index (χ4v) is 2.36. The first-order chi connectivity index (χ1) is 11.6. The van der Waals surface area contributed by atoms with Gasteiger partial charge in [-0.1, -0.05) is 25.5 Å². The largest absolute Gasteiger partial charge is 0.493 e. The molecular weight excluding hydrogens is 308 g/mol. The molecule has 128 valence electrons. The lowest BCUT2D eigenvalue weighted by molar-refractivity contribution is 0.0696. The zero-order valence-corrected chi connectivity index (χ0v) is 14.2. The summed E-state index contributed by atoms with van der Waals surface area (Å²) >= 11 is 0. The predicted molar refractivity (Wildman–Crippen MR) is 91.6 cm³/mol. The Kier molecular flexibility index (Phi) is 6.07. The van der Waals surface area contributed by atoms with Crippen LogP contribution < -0.4 is 14.2 Å². The smallest absolute Gasteiger partial charge is 0.335 e. The Balaban J connectivity index is 2.30. The molecule has 24 heavy (non-hydrogen) atoms. The highest BCUT2D eigenvalue weighted by molar-refractivity contribution is 5.89. The quantitative estimate of drug-likeness (QED) is 0.770. The second-order valence-electron chi connectivity index (χ2n) is 5.36. The Morgan fingerprint density at radius 1 is 1.04 bits per heavy atom. The molecule has 0 unspecified atom stereocenters. The number of ether oxygens (including phenoxy) is 3. The first-order valence-corrected chi connectivity index (χ1v) is 7.85. The van der Waals surface area contributed by atoms with Gasteiger partial charge in [-0.3, -0.25) is 0 Å². The second-order valence-corrected chi connectivity index (χ2v) is 5.36. The molecule has 0 bridgehead atoms. The molecule has 2 aromatic rings. The van der Waals surface area contributed by atoms with Crippen molar-refractivity contribution >= 4 is 5.97 Å². The Morgan fingerprint density at radius 2 is 1.71 bits per heavy atom. The molecule has 0 fully saturated rings. The molecule has 0 aliphatic heterocycles. The normalized spacial score (nSPS) is 10.3. The third-order valence-corrected chi connectivity index (χ3v) is 3.66. The van der Waals surface area contributed by atoms with Crippen LogP contribution in [0.5, 0.6) is 23.0 Å². The molecular formula is C19H22O5. The maximum atomic E-state index is 11.3. The van der Waals surface area contributed by atoms with E-state index in [1.54, 1.807) is 0 Å². The number of hydrogen-bond donors (Lipinski definition) is 1. The molecule has 2 aromatic carbocycles. The van der Waals surface area contributed by atoms with E-state index < -0.39 is 5.97 Å². The number of aryl methyl sites for hydroxylation is 1. The summed E-state index contributed by atoms with van der Waals surface area (Å²) in [6, 6.07) is 10.6.